The Bertz CT molecular complexity index is 211. The number of rotatable bonds is 2. The van der Waals surface area contributed by atoms with Crippen LogP contribution in [0, 0.1) is 0 Å². The van der Waals surface area contributed by atoms with Crippen molar-refractivity contribution >= 4 is 16.9 Å². The smallest absolute Gasteiger partial charge is 0.0860 e. The van der Waals surface area contributed by atoms with Gasteiger partial charge in [-0.3, -0.25) is 0 Å². The van der Waals surface area contributed by atoms with Crippen molar-refractivity contribution < 1.29 is 4.74 Å². The lowest BCUT2D eigenvalue weighted by Crippen LogP contribution is -1.74. The molecule has 0 radical (unpaired) electrons. The Labute approximate surface area is 65.0 Å². The zero-order chi connectivity index (χ0) is 7.40. The van der Waals surface area contributed by atoms with Crippen LogP contribution in [0.15, 0.2) is 23.1 Å². The maximum absolute atomic E-state index is 4.87. The molecule has 0 bridgehead atoms. The lowest BCUT2D eigenvalue weighted by Gasteiger charge is -1.94. The van der Waals surface area contributed by atoms with Crippen molar-refractivity contribution in [3.63, 3.8) is 0 Å². The van der Waals surface area contributed by atoms with Gasteiger partial charge in [-0.2, -0.15) is 11.3 Å². The van der Waals surface area contributed by atoms with E-state index >= 15 is 0 Å². The summed E-state index contributed by atoms with van der Waals surface area (Å²) >= 11 is 1.70. The molecule has 1 aromatic heterocycles. The third-order valence-corrected chi connectivity index (χ3v) is 1.95. The van der Waals surface area contributed by atoms with Crippen LogP contribution in [-0.2, 0) is 4.74 Å². The zero-order valence-corrected chi connectivity index (χ0v) is 6.94. The molecule has 1 aromatic rings. The lowest BCUT2D eigenvalue weighted by atomic mass is 10.2. The quantitative estimate of drug-likeness (QED) is 0.595. The minimum absolute atomic E-state index is 1.17. The predicted octanol–water partition coefficient (Wildman–Crippen LogP) is 2.76. The van der Waals surface area contributed by atoms with E-state index in [1.54, 1.807) is 24.7 Å². The monoisotopic (exact) mass is 154 g/mol. The number of hydrogen-bond acceptors (Lipinski definition) is 2. The second-order valence-corrected chi connectivity index (χ2v) is 2.83. The summed E-state index contributed by atoms with van der Waals surface area (Å²) in [4.78, 5) is 0. The van der Waals surface area contributed by atoms with Crippen LogP contribution in [0.2, 0.25) is 0 Å². The Hall–Kier alpha value is -0.760. The van der Waals surface area contributed by atoms with Crippen molar-refractivity contribution in [1.29, 1.82) is 0 Å². The van der Waals surface area contributed by atoms with E-state index in [0.29, 0.717) is 0 Å². The van der Waals surface area contributed by atoms with Gasteiger partial charge in [-0.05, 0) is 34.9 Å². The van der Waals surface area contributed by atoms with Crippen LogP contribution >= 0.6 is 11.3 Å². The Balaban J connectivity index is 2.77. The van der Waals surface area contributed by atoms with Gasteiger partial charge in [-0.1, -0.05) is 0 Å². The summed E-state index contributed by atoms with van der Waals surface area (Å²) in [7, 11) is 1.66. The molecule has 0 amide bonds. The predicted molar refractivity (Wildman–Crippen MR) is 45.0 cm³/mol. The Morgan fingerprint density at radius 3 is 3.00 bits per heavy atom. The molecule has 54 valence electrons. The summed E-state index contributed by atoms with van der Waals surface area (Å²) in [5.41, 5.74) is 2.41. The zero-order valence-electron chi connectivity index (χ0n) is 6.13. The Morgan fingerprint density at radius 2 is 2.50 bits per heavy atom. The van der Waals surface area contributed by atoms with Crippen LogP contribution in [0.1, 0.15) is 12.5 Å². The fourth-order valence-electron chi connectivity index (χ4n) is 0.734. The molecule has 0 aromatic carbocycles. The molecular weight excluding hydrogens is 144 g/mol. The van der Waals surface area contributed by atoms with Crippen LogP contribution in [0.5, 0.6) is 0 Å². The topological polar surface area (TPSA) is 9.23 Å². The van der Waals surface area contributed by atoms with Crippen molar-refractivity contribution in [3.8, 4) is 0 Å². The highest BCUT2D eigenvalue weighted by Crippen LogP contribution is 2.16. The highest BCUT2D eigenvalue weighted by molar-refractivity contribution is 7.08. The summed E-state index contributed by atoms with van der Waals surface area (Å²) < 4.78 is 4.87. The standard InChI is InChI=1S/C8H10OS/c1-7(5-9-2)8-3-4-10-6-8/h3-6H,1-2H3. The lowest BCUT2D eigenvalue weighted by molar-refractivity contribution is 0.339. The van der Waals surface area contributed by atoms with Crippen molar-refractivity contribution in [1.82, 2.24) is 0 Å². The van der Waals surface area contributed by atoms with Gasteiger partial charge in [-0.25, -0.2) is 0 Å². The van der Waals surface area contributed by atoms with Crippen LogP contribution in [-0.4, -0.2) is 7.11 Å². The molecule has 1 nitrogen and oxygen atoms in total. The Morgan fingerprint density at radius 1 is 1.70 bits per heavy atom. The molecule has 2 heteroatoms. The van der Waals surface area contributed by atoms with Crippen molar-refractivity contribution in [2.45, 2.75) is 6.92 Å². The third kappa shape index (κ3) is 1.61. The molecule has 0 fully saturated rings. The molecule has 0 saturated carbocycles. The first-order chi connectivity index (χ1) is 4.84. The molecule has 0 saturated heterocycles. The second-order valence-electron chi connectivity index (χ2n) is 2.05. The van der Waals surface area contributed by atoms with Crippen molar-refractivity contribution in [3.05, 3.63) is 28.7 Å². The van der Waals surface area contributed by atoms with Gasteiger partial charge in [0, 0.05) is 0 Å². The molecule has 0 aliphatic rings. The fraction of sp³-hybridized carbons (Fsp3) is 0.250. The minimum Gasteiger partial charge on any atom is -0.504 e. The number of methoxy groups -OCH3 is 1. The maximum atomic E-state index is 4.87. The highest BCUT2D eigenvalue weighted by Gasteiger charge is 1.93. The summed E-state index contributed by atoms with van der Waals surface area (Å²) in [5.74, 6) is 0. The van der Waals surface area contributed by atoms with E-state index in [1.165, 1.54) is 11.1 Å². The van der Waals surface area contributed by atoms with Crippen molar-refractivity contribution in [2.75, 3.05) is 7.11 Å². The fourth-order valence-corrected chi connectivity index (χ4v) is 1.45. The molecule has 10 heavy (non-hydrogen) atoms. The second kappa shape index (κ2) is 3.42. The van der Waals surface area contributed by atoms with Gasteiger partial charge in [0.15, 0.2) is 0 Å². The molecular formula is C8H10OS. The van der Waals surface area contributed by atoms with E-state index in [-0.39, 0.29) is 0 Å². The van der Waals surface area contributed by atoms with Crippen molar-refractivity contribution in [2.24, 2.45) is 0 Å². The molecule has 0 atom stereocenters. The number of thiophene rings is 1. The maximum Gasteiger partial charge on any atom is 0.0860 e. The number of allylic oxidation sites excluding steroid dienone is 1. The molecule has 0 spiro atoms. The summed E-state index contributed by atoms with van der Waals surface area (Å²) in [6.45, 7) is 2.03. The van der Waals surface area contributed by atoms with Gasteiger partial charge in [0.2, 0.25) is 0 Å². The van der Waals surface area contributed by atoms with Gasteiger partial charge in [-0.15, -0.1) is 0 Å². The van der Waals surface area contributed by atoms with Crippen LogP contribution in [0.3, 0.4) is 0 Å². The number of hydrogen-bond donors (Lipinski definition) is 0. The van der Waals surface area contributed by atoms with Gasteiger partial charge in [0.25, 0.3) is 0 Å². The highest BCUT2D eigenvalue weighted by atomic mass is 32.1. The molecule has 0 unspecified atom stereocenters. The van der Waals surface area contributed by atoms with E-state index in [2.05, 4.69) is 16.8 Å². The van der Waals surface area contributed by atoms with Gasteiger partial charge >= 0.3 is 0 Å². The van der Waals surface area contributed by atoms with Crippen LogP contribution in [0.25, 0.3) is 5.57 Å². The van der Waals surface area contributed by atoms with Crippen LogP contribution < -0.4 is 0 Å². The Kier molecular flexibility index (Phi) is 2.51. The molecule has 1 heterocycles. The van der Waals surface area contributed by atoms with Gasteiger partial charge in [0.05, 0.1) is 13.4 Å². The minimum atomic E-state index is 1.17. The summed E-state index contributed by atoms with van der Waals surface area (Å²) in [6, 6.07) is 2.08. The first-order valence-electron chi connectivity index (χ1n) is 3.06. The first kappa shape index (κ1) is 7.35. The van der Waals surface area contributed by atoms with Crippen LogP contribution in [0.4, 0.5) is 0 Å². The molecule has 0 N–H and O–H groups in total. The first-order valence-corrected chi connectivity index (χ1v) is 4.01. The average molecular weight is 154 g/mol. The molecule has 1 rings (SSSR count). The van der Waals surface area contributed by atoms with E-state index < -0.39 is 0 Å². The SMILES string of the molecule is COC=C(C)c1ccsc1. The van der Waals surface area contributed by atoms with E-state index in [4.69, 9.17) is 4.74 Å². The number of ether oxygens (including phenoxy) is 1. The van der Waals surface area contributed by atoms with Gasteiger partial charge in [0.1, 0.15) is 0 Å². The summed E-state index contributed by atoms with van der Waals surface area (Å²) in [5, 5.41) is 4.16. The average Bonchev–Trinajstić information content (AvgIpc) is 2.38. The molecule has 0 aliphatic heterocycles. The molecule has 0 aliphatic carbocycles. The largest absolute Gasteiger partial charge is 0.504 e. The van der Waals surface area contributed by atoms with E-state index in [1.807, 2.05) is 6.92 Å². The van der Waals surface area contributed by atoms with E-state index in [9.17, 15) is 0 Å². The third-order valence-electron chi connectivity index (χ3n) is 1.27. The van der Waals surface area contributed by atoms with E-state index in [0.717, 1.165) is 0 Å². The summed E-state index contributed by atoms with van der Waals surface area (Å²) in [6.07, 6.45) is 1.75. The van der Waals surface area contributed by atoms with Gasteiger partial charge < -0.3 is 4.74 Å². The normalized spacial score (nSPS) is 11.6.